The Labute approximate surface area is 168 Å². The molecule has 0 bridgehead atoms. The summed E-state index contributed by atoms with van der Waals surface area (Å²) in [6.07, 6.45) is 1.95. The van der Waals surface area contributed by atoms with E-state index in [1.807, 2.05) is 0 Å². The van der Waals surface area contributed by atoms with E-state index >= 15 is 0 Å². The van der Waals surface area contributed by atoms with E-state index in [2.05, 4.69) is 15.5 Å². The van der Waals surface area contributed by atoms with Gasteiger partial charge in [-0.1, -0.05) is 25.3 Å². The number of nitrogens with zero attached hydrogens (tertiary/aromatic N) is 1. The van der Waals surface area contributed by atoms with Crippen LogP contribution in [0.4, 0.5) is 18.9 Å². The van der Waals surface area contributed by atoms with E-state index < -0.39 is 17.6 Å². The van der Waals surface area contributed by atoms with Crippen LogP contribution in [0.15, 0.2) is 24.3 Å². The molecule has 5 nitrogen and oxygen atoms in total. The SMILES string of the molecule is O=C(CNC(=O)C1C2CN(C3CCCCC3)CC21)Nc1cccc(C(F)(F)F)c1. The molecule has 1 aliphatic heterocycles. The van der Waals surface area contributed by atoms with E-state index in [0.717, 1.165) is 25.2 Å². The molecule has 3 aliphatic rings. The number of amides is 2. The molecule has 2 atom stereocenters. The summed E-state index contributed by atoms with van der Waals surface area (Å²) in [4.78, 5) is 26.9. The summed E-state index contributed by atoms with van der Waals surface area (Å²) >= 11 is 0. The molecule has 1 aromatic carbocycles. The smallest absolute Gasteiger partial charge is 0.347 e. The molecule has 2 amide bonds. The third-order valence-electron chi connectivity index (χ3n) is 6.51. The fourth-order valence-electron chi connectivity index (χ4n) is 4.96. The number of carbonyl (C=O) groups is 2. The van der Waals surface area contributed by atoms with Gasteiger partial charge in [-0.15, -0.1) is 0 Å². The van der Waals surface area contributed by atoms with Gasteiger partial charge in [-0.05, 0) is 42.9 Å². The second-order valence-corrected chi connectivity index (χ2v) is 8.44. The third-order valence-corrected chi connectivity index (χ3v) is 6.51. The zero-order valence-corrected chi connectivity index (χ0v) is 16.2. The molecule has 4 rings (SSSR count). The first-order chi connectivity index (χ1) is 13.8. The molecule has 2 N–H and O–H groups in total. The molecule has 8 heteroatoms. The fraction of sp³-hybridized carbons (Fsp3) is 0.619. The van der Waals surface area contributed by atoms with E-state index in [4.69, 9.17) is 0 Å². The van der Waals surface area contributed by atoms with Crippen molar-refractivity contribution in [2.24, 2.45) is 17.8 Å². The zero-order chi connectivity index (χ0) is 20.6. The summed E-state index contributed by atoms with van der Waals surface area (Å²) in [6.45, 7) is 1.69. The molecule has 158 valence electrons. The maximum absolute atomic E-state index is 12.7. The van der Waals surface area contributed by atoms with Crippen LogP contribution in [0.25, 0.3) is 0 Å². The molecule has 2 aliphatic carbocycles. The largest absolute Gasteiger partial charge is 0.416 e. The number of carbonyl (C=O) groups excluding carboxylic acids is 2. The predicted octanol–water partition coefficient (Wildman–Crippen LogP) is 3.27. The number of benzene rings is 1. The highest BCUT2D eigenvalue weighted by atomic mass is 19.4. The van der Waals surface area contributed by atoms with Crippen LogP contribution >= 0.6 is 0 Å². The first kappa shape index (κ1) is 20.2. The number of nitrogens with one attached hydrogen (secondary N) is 2. The lowest BCUT2D eigenvalue weighted by Crippen LogP contribution is -2.40. The first-order valence-corrected chi connectivity index (χ1v) is 10.3. The standard InChI is InChI=1S/C21H26F3N3O2/c22-21(23,24)13-5-4-6-14(9-13)26-18(28)10-25-20(29)19-16-11-27(12-17(16)19)15-7-2-1-3-8-15/h4-6,9,15-17,19H,1-3,7-8,10-12H2,(H,25,29)(H,26,28). The normalized spacial score (nSPS) is 27.3. The summed E-state index contributed by atoms with van der Waals surface area (Å²) in [6, 6.07) is 5.11. The van der Waals surface area contributed by atoms with Crippen molar-refractivity contribution in [1.29, 1.82) is 0 Å². The van der Waals surface area contributed by atoms with Crippen LogP contribution in [-0.4, -0.2) is 42.4 Å². The summed E-state index contributed by atoms with van der Waals surface area (Å²) in [7, 11) is 0. The molecule has 1 aromatic rings. The van der Waals surface area contributed by atoms with E-state index in [1.165, 1.54) is 44.2 Å². The molecular weight excluding hydrogens is 383 g/mol. The average molecular weight is 409 g/mol. The molecule has 1 saturated heterocycles. The number of likely N-dealkylation sites (tertiary alicyclic amines) is 1. The van der Waals surface area contributed by atoms with Crippen LogP contribution in [0.1, 0.15) is 37.7 Å². The maximum atomic E-state index is 12.7. The zero-order valence-electron chi connectivity index (χ0n) is 16.2. The van der Waals surface area contributed by atoms with Gasteiger partial charge in [-0.3, -0.25) is 14.5 Å². The molecule has 2 saturated carbocycles. The van der Waals surface area contributed by atoms with Crippen molar-refractivity contribution in [1.82, 2.24) is 10.2 Å². The number of hydrogen-bond donors (Lipinski definition) is 2. The van der Waals surface area contributed by atoms with Crippen molar-refractivity contribution < 1.29 is 22.8 Å². The Kier molecular flexibility index (Phi) is 5.55. The Balaban J connectivity index is 1.21. The maximum Gasteiger partial charge on any atom is 0.416 e. The molecule has 29 heavy (non-hydrogen) atoms. The van der Waals surface area contributed by atoms with Gasteiger partial charge < -0.3 is 10.6 Å². The number of anilines is 1. The summed E-state index contributed by atoms with van der Waals surface area (Å²) in [5, 5.41) is 5.05. The van der Waals surface area contributed by atoms with Gasteiger partial charge in [-0.25, -0.2) is 0 Å². The quantitative estimate of drug-likeness (QED) is 0.785. The molecule has 3 fully saturated rings. The van der Waals surface area contributed by atoms with Crippen LogP contribution in [0, 0.1) is 17.8 Å². The lowest BCUT2D eigenvalue weighted by molar-refractivity contribution is -0.137. The highest BCUT2D eigenvalue weighted by Crippen LogP contribution is 2.52. The minimum absolute atomic E-state index is 0.0313. The van der Waals surface area contributed by atoms with Gasteiger partial charge in [0.25, 0.3) is 0 Å². The van der Waals surface area contributed by atoms with Crippen LogP contribution in [0.2, 0.25) is 0 Å². The van der Waals surface area contributed by atoms with Gasteiger partial charge >= 0.3 is 6.18 Å². The van der Waals surface area contributed by atoms with E-state index in [9.17, 15) is 22.8 Å². The molecule has 0 radical (unpaired) electrons. The third kappa shape index (κ3) is 4.57. The van der Waals surface area contributed by atoms with Crippen molar-refractivity contribution in [2.45, 2.75) is 44.3 Å². The number of alkyl halides is 3. The molecule has 2 unspecified atom stereocenters. The van der Waals surface area contributed by atoms with Gasteiger partial charge in [0.15, 0.2) is 0 Å². The Morgan fingerprint density at radius 3 is 2.41 bits per heavy atom. The Morgan fingerprint density at radius 2 is 1.76 bits per heavy atom. The second kappa shape index (κ2) is 7.97. The summed E-state index contributed by atoms with van der Waals surface area (Å²) in [5.41, 5.74) is -0.766. The van der Waals surface area contributed by atoms with Crippen LogP contribution in [-0.2, 0) is 15.8 Å². The van der Waals surface area contributed by atoms with E-state index in [-0.39, 0.29) is 24.1 Å². The Bertz CT molecular complexity index is 765. The van der Waals surface area contributed by atoms with Crippen molar-refractivity contribution in [3.63, 3.8) is 0 Å². The highest BCUT2D eigenvalue weighted by molar-refractivity contribution is 5.95. The predicted molar refractivity (Wildman–Crippen MR) is 102 cm³/mol. The van der Waals surface area contributed by atoms with Gasteiger partial charge in [0.2, 0.25) is 11.8 Å². The lowest BCUT2D eigenvalue weighted by atomic mass is 9.94. The van der Waals surface area contributed by atoms with Gasteiger partial charge in [0, 0.05) is 30.7 Å². The van der Waals surface area contributed by atoms with Crippen molar-refractivity contribution in [2.75, 3.05) is 25.0 Å². The number of rotatable bonds is 5. The first-order valence-electron chi connectivity index (χ1n) is 10.3. The van der Waals surface area contributed by atoms with E-state index in [0.29, 0.717) is 17.9 Å². The summed E-state index contributed by atoms with van der Waals surface area (Å²) < 4.78 is 38.2. The average Bonchev–Trinajstić information content (AvgIpc) is 3.20. The second-order valence-electron chi connectivity index (χ2n) is 8.44. The molecule has 1 heterocycles. The monoisotopic (exact) mass is 409 g/mol. The number of fused-ring (bicyclic) bond motifs is 1. The fourth-order valence-corrected chi connectivity index (χ4v) is 4.96. The van der Waals surface area contributed by atoms with Gasteiger partial charge in [0.1, 0.15) is 0 Å². The van der Waals surface area contributed by atoms with Crippen LogP contribution < -0.4 is 10.6 Å². The number of halogens is 3. The minimum atomic E-state index is -4.47. The highest BCUT2D eigenvalue weighted by Gasteiger charge is 2.59. The summed E-state index contributed by atoms with van der Waals surface area (Å²) in [5.74, 6) is 0.0675. The molecule has 0 spiro atoms. The minimum Gasteiger partial charge on any atom is -0.347 e. The van der Waals surface area contributed by atoms with Crippen molar-refractivity contribution in [3.05, 3.63) is 29.8 Å². The topological polar surface area (TPSA) is 61.4 Å². The Morgan fingerprint density at radius 1 is 1.07 bits per heavy atom. The Hall–Kier alpha value is -2.09. The molecular formula is C21H26F3N3O2. The van der Waals surface area contributed by atoms with Gasteiger partial charge in [0.05, 0.1) is 12.1 Å². The lowest BCUT2D eigenvalue weighted by Gasteiger charge is -2.32. The van der Waals surface area contributed by atoms with Gasteiger partial charge in [-0.2, -0.15) is 13.2 Å². The molecule has 0 aromatic heterocycles. The number of piperidine rings is 1. The van der Waals surface area contributed by atoms with Crippen molar-refractivity contribution >= 4 is 17.5 Å². The van der Waals surface area contributed by atoms with Crippen molar-refractivity contribution in [3.8, 4) is 0 Å². The van der Waals surface area contributed by atoms with Crippen LogP contribution in [0.3, 0.4) is 0 Å². The number of hydrogen-bond acceptors (Lipinski definition) is 3. The van der Waals surface area contributed by atoms with E-state index in [1.54, 1.807) is 0 Å². The van der Waals surface area contributed by atoms with Crippen LogP contribution in [0.5, 0.6) is 0 Å².